The molecule has 7 heteroatoms. The Morgan fingerprint density at radius 1 is 0.600 bits per heavy atom. The van der Waals surface area contributed by atoms with Gasteiger partial charge in [0.1, 0.15) is 0 Å². The first-order valence-corrected chi connectivity index (χ1v) is 14.7. The number of thiol groups is 1. The van der Waals surface area contributed by atoms with Crippen LogP contribution in [0.2, 0.25) is 0 Å². The summed E-state index contributed by atoms with van der Waals surface area (Å²) >= 11 is 9.14. The van der Waals surface area contributed by atoms with E-state index in [1.807, 2.05) is 0 Å². The van der Waals surface area contributed by atoms with Gasteiger partial charge in [-0.3, -0.25) is 4.52 Å². The maximum Gasteiger partial charge on any atom is 0.469 e. The van der Waals surface area contributed by atoms with Gasteiger partial charge in [-0.2, -0.15) is 0 Å². The van der Waals surface area contributed by atoms with Gasteiger partial charge in [0.05, 0.1) is 6.61 Å². The Bertz CT molecular complexity index is 429. The zero-order chi connectivity index (χ0) is 22.3. The molecule has 0 heterocycles. The SMILES string of the molecule is O=P(O)(O)OCCCCCCCCCCCCCCCCCCCCCCC(=S)S. The molecule has 4 nitrogen and oxygen atoms in total. The van der Waals surface area contributed by atoms with Gasteiger partial charge >= 0.3 is 7.82 Å². The van der Waals surface area contributed by atoms with Crippen molar-refractivity contribution in [2.45, 2.75) is 135 Å². The molecule has 0 rings (SSSR count). The number of phosphoric ester groups is 1. The fourth-order valence-corrected chi connectivity index (χ4v) is 4.41. The van der Waals surface area contributed by atoms with Crippen LogP contribution in [-0.2, 0) is 9.09 Å². The van der Waals surface area contributed by atoms with Crippen LogP contribution in [0, 0.1) is 0 Å². The third-order valence-corrected chi connectivity index (χ3v) is 6.49. The largest absolute Gasteiger partial charge is 0.469 e. The van der Waals surface area contributed by atoms with Crippen molar-refractivity contribution in [2.75, 3.05) is 6.61 Å². The minimum atomic E-state index is -4.27. The first-order valence-electron chi connectivity index (χ1n) is 12.3. The second kappa shape index (κ2) is 22.7. The van der Waals surface area contributed by atoms with Gasteiger partial charge in [-0.15, -0.1) is 12.6 Å². The van der Waals surface area contributed by atoms with Gasteiger partial charge in [0.25, 0.3) is 0 Å². The van der Waals surface area contributed by atoms with Crippen molar-refractivity contribution < 1.29 is 18.9 Å². The summed E-state index contributed by atoms with van der Waals surface area (Å²) in [5, 5.41) is 0. The third-order valence-electron chi connectivity index (χ3n) is 5.54. The fourth-order valence-electron chi connectivity index (χ4n) is 3.74. The predicted octanol–water partition coefficient (Wildman–Crippen LogP) is 8.55. The lowest BCUT2D eigenvalue weighted by Gasteiger charge is -2.05. The summed E-state index contributed by atoms with van der Waals surface area (Å²) in [5.74, 6) is 0. The molecule has 0 saturated heterocycles. The van der Waals surface area contributed by atoms with Gasteiger partial charge in [-0.25, -0.2) is 4.57 Å². The van der Waals surface area contributed by atoms with Crippen molar-refractivity contribution in [3.63, 3.8) is 0 Å². The van der Waals surface area contributed by atoms with Gasteiger partial charge in [0.2, 0.25) is 0 Å². The molecular formula is C23H47O4PS2. The Morgan fingerprint density at radius 3 is 1.13 bits per heavy atom. The van der Waals surface area contributed by atoms with Crippen LogP contribution in [0.5, 0.6) is 0 Å². The first kappa shape index (κ1) is 30.6. The smallest absolute Gasteiger partial charge is 0.303 e. The number of hydrogen-bond acceptors (Lipinski definition) is 3. The Balaban J connectivity index is 3.05. The van der Waals surface area contributed by atoms with E-state index < -0.39 is 7.82 Å². The van der Waals surface area contributed by atoms with Crippen LogP contribution in [0.15, 0.2) is 0 Å². The molecule has 0 atom stereocenters. The van der Waals surface area contributed by atoms with Gasteiger partial charge in [-0.05, 0) is 19.3 Å². The molecule has 0 aliphatic rings. The van der Waals surface area contributed by atoms with E-state index in [0.29, 0.717) is 0 Å². The molecule has 0 bridgehead atoms. The van der Waals surface area contributed by atoms with E-state index in [9.17, 15) is 4.57 Å². The van der Waals surface area contributed by atoms with Gasteiger partial charge in [0, 0.05) is 4.20 Å². The summed E-state index contributed by atoms with van der Waals surface area (Å²) in [7, 11) is -4.27. The number of hydrogen-bond donors (Lipinski definition) is 3. The summed E-state index contributed by atoms with van der Waals surface area (Å²) in [5.41, 5.74) is 0. The highest BCUT2D eigenvalue weighted by Gasteiger charge is 2.12. The highest BCUT2D eigenvalue weighted by molar-refractivity contribution is 8.11. The molecule has 30 heavy (non-hydrogen) atoms. The average molecular weight is 483 g/mol. The van der Waals surface area contributed by atoms with Crippen molar-refractivity contribution in [2.24, 2.45) is 0 Å². The van der Waals surface area contributed by atoms with Crippen LogP contribution in [-0.4, -0.2) is 20.6 Å². The van der Waals surface area contributed by atoms with Crippen molar-refractivity contribution in [1.29, 1.82) is 0 Å². The van der Waals surface area contributed by atoms with Crippen LogP contribution in [0.1, 0.15) is 135 Å². The molecule has 0 aromatic carbocycles. The topological polar surface area (TPSA) is 66.8 Å². The Kier molecular flexibility index (Phi) is 23.2. The molecule has 0 amide bonds. The van der Waals surface area contributed by atoms with Gasteiger partial charge < -0.3 is 9.79 Å². The third kappa shape index (κ3) is 28.5. The van der Waals surface area contributed by atoms with Gasteiger partial charge in [-0.1, -0.05) is 128 Å². The molecule has 180 valence electrons. The van der Waals surface area contributed by atoms with Crippen LogP contribution in [0.4, 0.5) is 0 Å². The zero-order valence-corrected chi connectivity index (χ0v) is 21.7. The van der Waals surface area contributed by atoms with Gasteiger partial charge in [0.15, 0.2) is 0 Å². The summed E-state index contributed by atoms with van der Waals surface area (Å²) < 4.78 is 15.8. The van der Waals surface area contributed by atoms with E-state index in [2.05, 4.69) is 17.2 Å². The molecule has 0 spiro atoms. The van der Waals surface area contributed by atoms with E-state index in [1.165, 1.54) is 109 Å². The zero-order valence-electron chi connectivity index (χ0n) is 19.1. The highest BCUT2D eigenvalue weighted by Crippen LogP contribution is 2.35. The summed E-state index contributed by atoms with van der Waals surface area (Å²) in [6, 6.07) is 0. The van der Waals surface area contributed by atoms with Crippen LogP contribution >= 0.6 is 32.7 Å². The highest BCUT2D eigenvalue weighted by atomic mass is 32.1. The number of phosphoric acid groups is 1. The molecule has 0 saturated carbocycles. The lowest BCUT2D eigenvalue weighted by Crippen LogP contribution is -1.92. The number of rotatable bonds is 24. The Morgan fingerprint density at radius 2 is 0.867 bits per heavy atom. The lowest BCUT2D eigenvalue weighted by atomic mass is 10.0. The summed E-state index contributed by atoms with van der Waals surface area (Å²) in [6.07, 6.45) is 26.9. The van der Waals surface area contributed by atoms with Crippen molar-refractivity contribution in [3.8, 4) is 0 Å². The Hall–Kier alpha value is 0.550. The maximum atomic E-state index is 10.5. The molecule has 0 aliphatic carbocycles. The number of thiocarbonyl (C=S) groups is 1. The normalized spacial score (nSPS) is 11.8. The monoisotopic (exact) mass is 482 g/mol. The van der Waals surface area contributed by atoms with Crippen LogP contribution in [0.25, 0.3) is 0 Å². The lowest BCUT2D eigenvalue weighted by molar-refractivity contribution is 0.193. The molecule has 2 N–H and O–H groups in total. The summed E-state index contributed by atoms with van der Waals surface area (Å²) in [6.45, 7) is 0.164. The minimum absolute atomic E-state index is 0.164. The van der Waals surface area contributed by atoms with E-state index in [-0.39, 0.29) is 6.61 Å². The molecule has 0 unspecified atom stereocenters. The van der Waals surface area contributed by atoms with Crippen molar-refractivity contribution >= 4 is 36.9 Å². The molecular weight excluding hydrogens is 435 g/mol. The Labute approximate surface area is 197 Å². The maximum absolute atomic E-state index is 10.5. The molecule has 0 aliphatic heterocycles. The van der Waals surface area contributed by atoms with E-state index in [0.717, 1.165) is 29.9 Å². The first-order chi connectivity index (χ1) is 14.4. The van der Waals surface area contributed by atoms with E-state index in [4.69, 9.17) is 22.0 Å². The summed E-state index contributed by atoms with van der Waals surface area (Å²) in [4.78, 5) is 17.2. The minimum Gasteiger partial charge on any atom is -0.303 e. The molecule has 0 aromatic heterocycles. The predicted molar refractivity (Wildman–Crippen MR) is 137 cm³/mol. The van der Waals surface area contributed by atoms with Crippen LogP contribution in [0.3, 0.4) is 0 Å². The standard InChI is InChI=1S/C23H47O4PS2/c24-28(25,26)27-22-20-18-16-14-12-10-8-6-4-2-1-3-5-7-9-11-13-15-17-19-21-23(29)30/h1-22H2,(H,29,30)(H2,24,25,26). The molecule has 0 radical (unpaired) electrons. The van der Waals surface area contributed by atoms with E-state index >= 15 is 0 Å². The van der Waals surface area contributed by atoms with Crippen LogP contribution < -0.4 is 0 Å². The van der Waals surface area contributed by atoms with E-state index in [1.54, 1.807) is 0 Å². The quantitative estimate of drug-likeness (QED) is 0.0556. The fraction of sp³-hybridized carbons (Fsp3) is 0.957. The average Bonchev–Trinajstić information content (AvgIpc) is 2.67. The second-order valence-electron chi connectivity index (χ2n) is 8.54. The van der Waals surface area contributed by atoms with Crippen molar-refractivity contribution in [3.05, 3.63) is 0 Å². The second-order valence-corrected chi connectivity index (χ2v) is 11.1. The number of unbranched alkanes of at least 4 members (excludes halogenated alkanes) is 19. The molecule has 0 fully saturated rings. The van der Waals surface area contributed by atoms with Crippen molar-refractivity contribution in [1.82, 2.24) is 0 Å². The molecule has 0 aromatic rings.